The molecule has 1 aliphatic rings. The topological polar surface area (TPSA) is 3.24 Å². The number of nitrogens with zero attached hydrogens (tertiary/aromatic N) is 1. The van der Waals surface area contributed by atoms with Crippen molar-refractivity contribution in [3.63, 3.8) is 0 Å². The van der Waals surface area contributed by atoms with Gasteiger partial charge in [-0.2, -0.15) is 0 Å². The smallest absolute Gasteiger partial charge is 0.0236 e. The molecule has 0 unspecified atom stereocenters. The molecule has 0 saturated heterocycles. The van der Waals surface area contributed by atoms with Gasteiger partial charge in [0.15, 0.2) is 0 Å². The number of fused-ring (bicyclic) bond motifs is 1. The molecule has 0 atom stereocenters. The maximum atomic E-state index is 2.61. The zero-order chi connectivity index (χ0) is 12.1. The van der Waals surface area contributed by atoms with Crippen LogP contribution in [0.4, 0.5) is 0 Å². The van der Waals surface area contributed by atoms with Crippen LogP contribution in [0.1, 0.15) is 49.8 Å². The van der Waals surface area contributed by atoms with Crippen LogP contribution in [0.25, 0.3) is 0 Å². The van der Waals surface area contributed by atoms with Crippen LogP contribution in [0.15, 0.2) is 18.2 Å². The van der Waals surface area contributed by atoms with Gasteiger partial charge in [0.2, 0.25) is 0 Å². The molecule has 17 heavy (non-hydrogen) atoms. The monoisotopic (exact) mass is 231 g/mol. The highest BCUT2D eigenvalue weighted by molar-refractivity contribution is 5.37. The van der Waals surface area contributed by atoms with Gasteiger partial charge in [-0.25, -0.2) is 0 Å². The second-order valence-corrected chi connectivity index (χ2v) is 5.18. The molecule has 0 bridgehead atoms. The Hall–Kier alpha value is -0.820. The molecule has 0 amide bonds. The van der Waals surface area contributed by atoms with Gasteiger partial charge < -0.3 is 0 Å². The normalized spacial score (nSPS) is 15.9. The van der Waals surface area contributed by atoms with Crippen LogP contribution in [0.5, 0.6) is 0 Å². The molecule has 1 heterocycles. The first-order valence-corrected chi connectivity index (χ1v) is 7.17. The molecule has 0 radical (unpaired) electrons. The predicted molar refractivity (Wildman–Crippen MR) is 74.3 cm³/mol. The van der Waals surface area contributed by atoms with E-state index in [2.05, 4.69) is 36.9 Å². The summed E-state index contributed by atoms with van der Waals surface area (Å²) in [5.74, 6) is 0. The van der Waals surface area contributed by atoms with Crippen molar-refractivity contribution >= 4 is 0 Å². The molecule has 1 nitrogen and oxygen atoms in total. The maximum absolute atomic E-state index is 2.61. The van der Waals surface area contributed by atoms with Gasteiger partial charge in [-0.05, 0) is 42.5 Å². The van der Waals surface area contributed by atoms with E-state index in [9.17, 15) is 0 Å². The minimum Gasteiger partial charge on any atom is -0.299 e. The Morgan fingerprint density at radius 1 is 1.18 bits per heavy atom. The van der Waals surface area contributed by atoms with Crippen LogP contribution in [0.3, 0.4) is 0 Å². The summed E-state index contributed by atoms with van der Waals surface area (Å²) in [4.78, 5) is 2.61. The van der Waals surface area contributed by atoms with E-state index in [4.69, 9.17) is 0 Å². The molecule has 0 aromatic heterocycles. The second kappa shape index (κ2) is 6.20. The van der Waals surface area contributed by atoms with Crippen molar-refractivity contribution in [3.05, 3.63) is 34.9 Å². The van der Waals surface area contributed by atoms with Gasteiger partial charge in [-0.3, -0.25) is 4.90 Å². The highest BCUT2D eigenvalue weighted by Gasteiger charge is 2.17. The van der Waals surface area contributed by atoms with E-state index in [1.54, 1.807) is 16.7 Å². The minimum absolute atomic E-state index is 1.17. The SMILES string of the molecule is CCCCN1CCc2c(CCC)cccc2C1. The molecule has 94 valence electrons. The minimum atomic E-state index is 1.17. The van der Waals surface area contributed by atoms with Gasteiger partial charge in [-0.15, -0.1) is 0 Å². The van der Waals surface area contributed by atoms with Gasteiger partial charge in [0, 0.05) is 13.1 Å². The number of unbranched alkanes of at least 4 members (excludes halogenated alkanes) is 1. The quantitative estimate of drug-likeness (QED) is 0.745. The number of benzene rings is 1. The lowest BCUT2D eigenvalue weighted by molar-refractivity contribution is 0.250. The van der Waals surface area contributed by atoms with E-state index >= 15 is 0 Å². The van der Waals surface area contributed by atoms with Crippen LogP contribution < -0.4 is 0 Å². The molecule has 1 aromatic carbocycles. The Bertz CT molecular complexity index is 357. The molecule has 1 heteroatoms. The Balaban J connectivity index is 2.08. The summed E-state index contributed by atoms with van der Waals surface area (Å²) < 4.78 is 0. The molecular weight excluding hydrogens is 206 g/mol. The first kappa shape index (κ1) is 12.6. The zero-order valence-corrected chi connectivity index (χ0v) is 11.3. The van der Waals surface area contributed by atoms with Gasteiger partial charge in [0.25, 0.3) is 0 Å². The highest BCUT2D eigenvalue weighted by atomic mass is 15.1. The van der Waals surface area contributed by atoms with Crippen molar-refractivity contribution < 1.29 is 0 Å². The number of hydrogen-bond donors (Lipinski definition) is 0. The highest BCUT2D eigenvalue weighted by Crippen LogP contribution is 2.23. The van der Waals surface area contributed by atoms with E-state index in [0.717, 1.165) is 0 Å². The Morgan fingerprint density at radius 2 is 2.06 bits per heavy atom. The zero-order valence-electron chi connectivity index (χ0n) is 11.3. The number of aryl methyl sites for hydroxylation is 1. The van der Waals surface area contributed by atoms with Crippen molar-refractivity contribution in [3.8, 4) is 0 Å². The Labute approximate surface area is 106 Å². The molecule has 0 spiro atoms. The van der Waals surface area contributed by atoms with Crippen molar-refractivity contribution in [2.24, 2.45) is 0 Å². The lowest BCUT2D eigenvalue weighted by Crippen LogP contribution is -2.31. The molecule has 1 aromatic rings. The van der Waals surface area contributed by atoms with Gasteiger partial charge in [0.1, 0.15) is 0 Å². The summed E-state index contributed by atoms with van der Waals surface area (Å²) >= 11 is 0. The van der Waals surface area contributed by atoms with Crippen LogP contribution in [-0.4, -0.2) is 18.0 Å². The van der Waals surface area contributed by atoms with E-state index in [1.165, 1.54) is 51.7 Å². The van der Waals surface area contributed by atoms with Crippen molar-refractivity contribution in [2.45, 2.75) is 52.5 Å². The first-order chi connectivity index (χ1) is 8.35. The molecule has 0 N–H and O–H groups in total. The summed E-state index contributed by atoms with van der Waals surface area (Å²) in [6, 6.07) is 6.89. The molecule has 0 aliphatic carbocycles. The Kier molecular flexibility index (Phi) is 4.61. The summed E-state index contributed by atoms with van der Waals surface area (Å²) in [6.07, 6.45) is 6.41. The van der Waals surface area contributed by atoms with E-state index in [1.807, 2.05) is 0 Å². The third-order valence-electron chi connectivity index (χ3n) is 3.79. The fourth-order valence-corrected chi connectivity index (χ4v) is 2.82. The van der Waals surface area contributed by atoms with E-state index < -0.39 is 0 Å². The third-order valence-corrected chi connectivity index (χ3v) is 3.79. The third kappa shape index (κ3) is 3.10. The predicted octanol–water partition coefficient (Wildman–Crippen LogP) is 3.80. The number of hydrogen-bond acceptors (Lipinski definition) is 1. The van der Waals surface area contributed by atoms with Crippen molar-refractivity contribution in [1.82, 2.24) is 4.90 Å². The summed E-state index contributed by atoms with van der Waals surface area (Å²) in [6.45, 7) is 8.25. The number of rotatable bonds is 5. The molecule has 2 rings (SSSR count). The lowest BCUT2D eigenvalue weighted by atomic mass is 9.92. The van der Waals surface area contributed by atoms with Gasteiger partial charge in [0.05, 0.1) is 0 Å². The maximum Gasteiger partial charge on any atom is 0.0236 e. The lowest BCUT2D eigenvalue weighted by Gasteiger charge is -2.30. The average molecular weight is 231 g/mol. The molecule has 0 fully saturated rings. The molecule has 1 aliphatic heterocycles. The Morgan fingerprint density at radius 3 is 2.82 bits per heavy atom. The van der Waals surface area contributed by atoms with Gasteiger partial charge >= 0.3 is 0 Å². The van der Waals surface area contributed by atoms with Gasteiger partial charge in [-0.1, -0.05) is 44.9 Å². The first-order valence-electron chi connectivity index (χ1n) is 7.17. The fraction of sp³-hybridized carbons (Fsp3) is 0.625. The van der Waals surface area contributed by atoms with Crippen molar-refractivity contribution in [2.75, 3.05) is 13.1 Å². The van der Waals surface area contributed by atoms with Crippen LogP contribution in [0.2, 0.25) is 0 Å². The average Bonchev–Trinajstić information content (AvgIpc) is 2.37. The van der Waals surface area contributed by atoms with Crippen LogP contribution in [0, 0.1) is 0 Å². The molecule has 0 saturated carbocycles. The molecular formula is C16H25N. The largest absolute Gasteiger partial charge is 0.299 e. The summed E-state index contributed by atoms with van der Waals surface area (Å²) in [7, 11) is 0. The standard InChI is InChI=1S/C16H25N/c1-3-5-11-17-12-10-16-14(7-4-2)8-6-9-15(16)13-17/h6,8-9H,3-5,7,10-13H2,1-2H3. The van der Waals surface area contributed by atoms with E-state index in [-0.39, 0.29) is 0 Å². The second-order valence-electron chi connectivity index (χ2n) is 5.18. The van der Waals surface area contributed by atoms with Crippen LogP contribution in [-0.2, 0) is 19.4 Å². The fourth-order valence-electron chi connectivity index (χ4n) is 2.82. The summed E-state index contributed by atoms with van der Waals surface area (Å²) in [5, 5.41) is 0. The van der Waals surface area contributed by atoms with E-state index in [0.29, 0.717) is 0 Å². The van der Waals surface area contributed by atoms with Crippen LogP contribution >= 0.6 is 0 Å². The van der Waals surface area contributed by atoms with Crippen molar-refractivity contribution in [1.29, 1.82) is 0 Å². The summed E-state index contributed by atoms with van der Waals surface area (Å²) in [5.41, 5.74) is 4.83.